The van der Waals surface area contributed by atoms with E-state index in [1.807, 2.05) is 0 Å². The van der Waals surface area contributed by atoms with Crippen LogP contribution in [0.2, 0.25) is 0 Å². The van der Waals surface area contributed by atoms with Crippen molar-refractivity contribution in [3.05, 3.63) is 12.7 Å². The van der Waals surface area contributed by atoms with Gasteiger partial charge >= 0.3 is 0 Å². The van der Waals surface area contributed by atoms with Crippen LogP contribution >= 0.6 is 0 Å². The van der Waals surface area contributed by atoms with Crippen molar-refractivity contribution in [3.63, 3.8) is 0 Å². The van der Waals surface area contributed by atoms with Crippen molar-refractivity contribution >= 4 is 5.91 Å². The van der Waals surface area contributed by atoms with Gasteiger partial charge in [-0.05, 0) is 13.0 Å². The van der Waals surface area contributed by atoms with Crippen molar-refractivity contribution in [3.8, 4) is 0 Å². The highest BCUT2D eigenvalue weighted by atomic mass is 16.1. The first-order chi connectivity index (χ1) is 5.34. The molecule has 0 spiro atoms. The summed E-state index contributed by atoms with van der Waals surface area (Å²) >= 11 is 0. The van der Waals surface area contributed by atoms with E-state index in [-0.39, 0.29) is 11.8 Å². The van der Waals surface area contributed by atoms with Gasteiger partial charge in [0.25, 0.3) is 0 Å². The molecular weight excluding hydrogens is 140 g/mol. The van der Waals surface area contributed by atoms with Gasteiger partial charge in [-0.3, -0.25) is 4.79 Å². The molecule has 1 saturated heterocycles. The Morgan fingerprint density at radius 3 is 3.18 bits per heavy atom. The van der Waals surface area contributed by atoms with Crippen LogP contribution in [0.5, 0.6) is 0 Å². The van der Waals surface area contributed by atoms with Gasteiger partial charge in [-0.25, -0.2) is 0 Å². The van der Waals surface area contributed by atoms with E-state index in [1.165, 1.54) is 0 Å². The lowest BCUT2D eigenvalue weighted by molar-refractivity contribution is -0.124. The quantitative estimate of drug-likeness (QED) is 0.557. The highest BCUT2D eigenvalue weighted by Crippen LogP contribution is 2.06. The lowest BCUT2D eigenvalue weighted by atomic mass is 10.1. The second-order valence-electron chi connectivity index (χ2n) is 2.72. The summed E-state index contributed by atoms with van der Waals surface area (Å²) in [5, 5.41) is 5.92. The van der Waals surface area contributed by atoms with Gasteiger partial charge in [-0.1, -0.05) is 6.08 Å². The second-order valence-corrected chi connectivity index (χ2v) is 2.72. The largest absolute Gasteiger partial charge is 0.352 e. The second kappa shape index (κ2) is 4.13. The Labute approximate surface area is 66.9 Å². The molecule has 1 heterocycles. The minimum absolute atomic E-state index is 0.148. The maximum absolute atomic E-state index is 11.2. The average Bonchev–Trinajstić information content (AvgIpc) is 2.52. The van der Waals surface area contributed by atoms with Crippen LogP contribution in [-0.2, 0) is 4.79 Å². The lowest BCUT2D eigenvalue weighted by Gasteiger charge is -2.06. The van der Waals surface area contributed by atoms with Gasteiger partial charge in [0.05, 0.1) is 5.92 Å². The average molecular weight is 154 g/mol. The number of amides is 1. The maximum atomic E-state index is 11.2. The van der Waals surface area contributed by atoms with Gasteiger partial charge in [0.2, 0.25) is 5.91 Å². The van der Waals surface area contributed by atoms with E-state index in [2.05, 4.69) is 17.2 Å². The first kappa shape index (κ1) is 8.27. The molecule has 0 aliphatic carbocycles. The Morgan fingerprint density at radius 2 is 2.64 bits per heavy atom. The van der Waals surface area contributed by atoms with Crippen molar-refractivity contribution < 1.29 is 4.79 Å². The van der Waals surface area contributed by atoms with Crippen molar-refractivity contribution in [2.75, 3.05) is 19.6 Å². The molecule has 62 valence electrons. The molecule has 0 saturated carbocycles. The topological polar surface area (TPSA) is 41.1 Å². The van der Waals surface area contributed by atoms with E-state index >= 15 is 0 Å². The first-order valence-electron chi connectivity index (χ1n) is 3.94. The van der Waals surface area contributed by atoms with Crippen molar-refractivity contribution in [2.45, 2.75) is 6.42 Å². The van der Waals surface area contributed by atoms with Gasteiger partial charge in [0.1, 0.15) is 0 Å². The number of carbonyl (C=O) groups is 1. The minimum atomic E-state index is 0.148. The van der Waals surface area contributed by atoms with Crippen LogP contribution in [0.15, 0.2) is 12.7 Å². The normalized spacial score (nSPS) is 23.1. The summed E-state index contributed by atoms with van der Waals surface area (Å²) < 4.78 is 0. The van der Waals surface area contributed by atoms with Crippen LogP contribution in [0.4, 0.5) is 0 Å². The van der Waals surface area contributed by atoms with Crippen LogP contribution in [0.25, 0.3) is 0 Å². The van der Waals surface area contributed by atoms with Crippen molar-refractivity contribution in [1.82, 2.24) is 10.6 Å². The lowest BCUT2D eigenvalue weighted by Crippen LogP contribution is -2.31. The smallest absolute Gasteiger partial charge is 0.224 e. The molecule has 1 aliphatic rings. The molecule has 2 N–H and O–H groups in total. The summed E-state index contributed by atoms with van der Waals surface area (Å²) in [6, 6.07) is 0. The molecule has 1 aliphatic heterocycles. The molecule has 0 unspecified atom stereocenters. The molecule has 1 rings (SSSR count). The Kier molecular flexibility index (Phi) is 3.11. The number of rotatable bonds is 3. The Hall–Kier alpha value is -0.830. The number of hydrogen-bond donors (Lipinski definition) is 2. The third-order valence-corrected chi connectivity index (χ3v) is 1.85. The van der Waals surface area contributed by atoms with E-state index in [9.17, 15) is 4.79 Å². The van der Waals surface area contributed by atoms with Gasteiger partial charge in [0, 0.05) is 13.1 Å². The van der Waals surface area contributed by atoms with Gasteiger partial charge in [-0.2, -0.15) is 0 Å². The fraction of sp³-hybridized carbons (Fsp3) is 0.625. The number of carbonyl (C=O) groups excluding carboxylic acids is 1. The summed E-state index contributed by atoms with van der Waals surface area (Å²) in [4.78, 5) is 11.2. The summed E-state index contributed by atoms with van der Waals surface area (Å²) in [5.41, 5.74) is 0. The zero-order chi connectivity index (χ0) is 8.10. The summed E-state index contributed by atoms with van der Waals surface area (Å²) in [5.74, 6) is 0.324. The predicted molar refractivity (Wildman–Crippen MR) is 44.2 cm³/mol. The van der Waals surface area contributed by atoms with E-state index in [0.29, 0.717) is 6.54 Å². The van der Waals surface area contributed by atoms with Crippen LogP contribution in [-0.4, -0.2) is 25.5 Å². The molecular formula is C8H14N2O. The molecule has 1 atom stereocenters. The van der Waals surface area contributed by atoms with E-state index in [0.717, 1.165) is 19.5 Å². The van der Waals surface area contributed by atoms with Gasteiger partial charge in [0.15, 0.2) is 0 Å². The molecule has 0 bridgehead atoms. The SMILES string of the molecule is C=CCNC(=O)[C@H]1CCNC1. The zero-order valence-electron chi connectivity index (χ0n) is 6.60. The molecule has 0 aromatic carbocycles. The van der Waals surface area contributed by atoms with Crippen molar-refractivity contribution in [2.24, 2.45) is 5.92 Å². The van der Waals surface area contributed by atoms with Crippen LogP contribution < -0.4 is 10.6 Å². The van der Waals surface area contributed by atoms with E-state index in [4.69, 9.17) is 0 Å². The highest BCUT2D eigenvalue weighted by Gasteiger charge is 2.21. The van der Waals surface area contributed by atoms with E-state index in [1.54, 1.807) is 6.08 Å². The molecule has 1 fully saturated rings. The molecule has 0 radical (unpaired) electrons. The Bertz CT molecular complexity index is 150. The van der Waals surface area contributed by atoms with Crippen LogP contribution in [0, 0.1) is 5.92 Å². The third-order valence-electron chi connectivity index (χ3n) is 1.85. The minimum Gasteiger partial charge on any atom is -0.352 e. The monoisotopic (exact) mass is 154 g/mol. The zero-order valence-corrected chi connectivity index (χ0v) is 6.60. The third kappa shape index (κ3) is 2.35. The molecule has 3 nitrogen and oxygen atoms in total. The maximum Gasteiger partial charge on any atom is 0.224 e. The first-order valence-corrected chi connectivity index (χ1v) is 3.94. The summed E-state index contributed by atoms with van der Waals surface area (Å²) in [7, 11) is 0. The fourth-order valence-electron chi connectivity index (χ4n) is 1.20. The Balaban J connectivity index is 2.22. The van der Waals surface area contributed by atoms with Crippen molar-refractivity contribution in [1.29, 1.82) is 0 Å². The van der Waals surface area contributed by atoms with Gasteiger partial charge < -0.3 is 10.6 Å². The van der Waals surface area contributed by atoms with Crippen LogP contribution in [0.3, 0.4) is 0 Å². The molecule has 11 heavy (non-hydrogen) atoms. The molecule has 0 aromatic rings. The van der Waals surface area contributed by atoms with E-state index < -0.39 is 0 Å². The predicted octanol–water partition coefficient (Wildman–Crippen LogP) is -0.102. The summed E-state index contributed by atoms with van der Waals surface area (Å²) in [6.45, 7) is 5.89. The molecule has 1 amide bonds. The summed E-state index contributed by atoms with van der Waals surface area (Å²) in [6.07, 6.45) is 2.66. The van der Waals surface area contributed by atoms with Gasteiger partial charge in [-0.15, -0.1) is 6.58 Å². The van der Waals surface area contributed by atoms with Crippen LogP contribution in [0.1, 0.15) is 6.42 Å². The molecule has 3 heteroatoms. The standard InChI is InChI=1S/C8H14N2O/c1-2-4-10-8(11)7-3-5-9-6-7/h2,7,9H,1,3-6H2,(H,10,11)/t7-/m0/s1. The Morgan fingerprint density at radius 1 is 1.82 bits per heavy atom. The number of hydrogen-bond acceptors (Lipinski definition) is 2. The fourth-order valence-corrected chi connectivity index (χ4v) is 1.20. The molecule has 0 aromatic heterocycles. The highest BCUT2D eigenvalue weighted by molar-refractivity contribution is 5.79. The number of nitrogens with one attached hydrogen (secondary N) is 2.